The number of halogens is 2. The first-order valence-corrected chi connectivity index (χ1v) is 7.42. The number of carbonyl (C=O) groups excluding carboxylic acids is 1. The zero-order valence-corrected chi connectivity index (χ0v) is 14.0. The standard InChI is InChI=1S/C16H12Cl2N4O2/c1-24-14-3-2-12(7-13(14)18)22-16(23)10(8-19)9-21-15-6-11(17)4-5-20-15/h2-7,9H,1H3,(H,20,21)(H,22,23)/b10-9-. The van der Waals surface area contributed by atoms with Gasteiger partial charge >= 0.3 is 0 Å². The summed E-state index contributed by atoms with van der Waals surface area (Å²) < 4.78 is 5.03. The predicted octanol–water partition coefficient (Wildman–Crippen LogP) is 3.86. The summed E-state index contributed by atoms with van der Waals surface area (Å²) >= 11 is 11.8. The molecular weight excluding hydrogens is 351 g/mol. The van der Waals surface area contributed by atoms with Gasteiger partial charge in [0.25, 0.3) is 5.91 Å². The third-order valence-electron chi connectivity index (χ3n) is 2.86. The lowest BCUT2D eigenvalue weighted by Crippen LogP contribution is -2.14. The van der Waals surface area contributed by atoms with Crippen LogP contribution in [-0.2, 0) is 4.79 Å². The number of ether oxygens (including phenoxy) is 1. The van der Waals surface area contributed by atoms with Gasteiger partial charge in [0.05, 0.1) is 12.1 Å². The molecule has 0 atom stereocenters. The van der Waals surface area contributed by atoms with Gasteiger partial charge in [-0.3, -0.25) is 4.79 Å². The Kier molecular flexibility index (Phi) is 6.01. The van der Waals surface area contributed by atoms with Gasteiger partial charge in [-0.2, -0.15) is 5.26 Å². The van der Waals surface area contributed by atoms with Crippen molar-refractivity contribution < 1.29 is 9.53 Å². The lowest BCUT2D eigenvalue weighted by molar-refractivity contribution is -0.112. The van der Waals surface area contributed by atoms with Gasteiger partial charge in [0.1, 0.15) is 23.2 Å². The summed E-state index contributed by atoms with van der Waals surface area (Å²) in [7, 11) is 1.49. The molecule has 8 heteroatoms. The average Bonchev–Trinajstić information content (AvgIpc) is 2.55. The monoisotopic (exact) mass is 362 g/mol. The van der Waals surface area contributed by atoms with Gasteiger partial charge < -0.3 is 15.4 Å². The van der Waals surface area contributed by atoms with Crippen LogP contribution in [0.5, 0.6) is 5.75 Å². The number of hydrogen-bond acceptors (Lipinski definition) is 5. The number of carbonyl (C=O) groups is 1. The van der Waals surface area contributed by atoms with E-state index in [2.05, 4.69) is 15.6 Å². The largest absolute Gasteiger partial charge is 0.495 e. The van der Waals surface area contributed by atoms with E-state index >= 15 is 0 Å². The number of hydrogen-bond donors (Lipinski definition) is 2. The second kappa shape index (κ2) is 8.20. The van der Waals surface area contributed by atoms with Crippen molar-refractivity contribution in [3.8, 4) is 11.8 Å². The van der Waals surface area contributed by atoms with Gasteiger partial charge in [-0.1, -0.05) is 23.2 Å². The minimum Gasteiger partial charge on any atom is -0.495 e. The number of aromatic nitrogens is 1. The molecule has 24 heavy (non-hydrogen) atoms. The van der Waals surface area contributed by atoms with Crippen molar-refractivity contribution in [3.63, 3.8) is 0 Å². The molecule has 0 radical (unpaired) electrons. The van der Waals surface area contributed by atoms with Crippen LogP contribution in [0, 0.1) is 11.3 Å². The van der Waals surface area contributed by atoms with E-state index in [9.17, 15) is 4.79 Å². The number of nitriles is 1. The second-order valence-corrected chi connectivity index (χ2v) is 5.32. The Labute approximate surface area is 148 Å². The van der Waals surface area contributed by atoms with E-state index < -0.39 is 5.91 Å². The molecule has 1 amide bonds. The third-order valence-corrected chi connectivity index (χ3v) is 3.39. The van der Waals surface area contributed by atoms with E-state index in [1.807, 2.05) is 6.07 Å². The molecule has 1 heterocycles. The number of nitrogens with zero attached hydrogens (tertiary/aromatic N) is 2. The fourth-order valence-corrected chi connectivity index (χ4v) is 2.14. The maximum atomic E-state index is 12.1. The topological polar surface area (TPSA) is 87.0 Å². The van der Waals surface area contributed by atoms with E-state index in [1.54, 1.807) is 24.3 Å². The van der Waals surface area contributed by atoms with Crippen molar-refractivity contribution in [1.29, 1.82) is 5.26 Å². The summed E-state index contributed by atoms with van der Waals surface area (Å²) in [5.41, 5.74) is 0.302. The highest BCUT2D eigenvalue weighted by atomic mass is 35.5. The molecule has 0 aliphatic rings. The maximum Gasteiger partial charge on any atom is 0.267 e. The highest BCUT2D eigenvalue weighted by Crippen LogP contribution is 2.27. The molecule has 6 nitrogen and oxygen atoms in total. The first-order chi connectivity index (χ1) is 11.5. The Morgan fingerprint density at radius 1 is 1.33 bits per heavy atom. The molecule has 1 aromatic carbocycles. The number of rotatable bonds is 5. The van der Waals surface area contributed by atoms with Crippen molar-refractivity contribution in [2.24, 2.45) is 0 Å². The number of nitrogens with one attached hydrogen (secondary N) is 2. The molecule has 2 N–H and O–H groups in total. The maximum absolute atomic E-state index is 12.1. The third kappa shape index (κ3) is 4.62. The van der Waals surface area contributed by atoms with Crippen LogP contribution < -0.4 is 15.4 Å². The second-order valence-electron chi connectivity index (χ2n) is 4.48. The SMILES string of the molecule is COc1ccc(NC(=O)/C(C#N)=C\Nc2cc(Cl)ccn2)cc1Cl. The molecular formula is C16H12Cl2N4O2. The first-order valence-electron chi connectivity index (χ1n) is 6.66. The van der Waals surface area contributed by atoms with Gasteiger partial charge in [-0.15, -0.1) is 0 Å². The molecule has 0 aliphatic heterocycles. The smallest absolute Gasteiger partial charge is 0.267 e. The van der Waals surface area contributed by atoms with Gasteiger partial charge in [0.15, 0.2) is 0 Å². The van der Waals surface area contributed by atoms with Gasteiger partial charge in [0, 0.05) is 23.1 Å². The van der Waals surface area contributed by atoms with Crippen LogP contribution in [0.15, 0.2) is 48.3 Å². The Morgan fingerprint density at radius 3 is 2.75 bits per heavy atom. The number of methoxy groups -OCH3 is 1. The zero-order chi connectivity index (χ0) is 17.5. The van der Waals surface area contributed by atoms with Crippen molar-refractivity contribution in [2.75, 3.05) is 17.7 Å². The lowest BCUT2D eigenvalue weighted by Gasteiger charge is -2.08. The highest BCUT2D eigenvalue weighted by Gasteiger charge is 2.11. The Bertz CT molecular complexity index is 831. The van der Waals surface area contributed by atoms with Crippen molar-refractivity contribution in [1.82, 2.24) is 4.98 Å². The van der Waals surface area contributed by atoms with E-state index in [1.165, 1.54) is 25.6 Å². The summed E-state index contributed by atoms with van der Waals surface area (Å²) in [6, 6.07) is 9.74. The van der Waals surface area contributed by atoms with Crippen molar-refractivity contribution in [2.45, 2.75) is 0 Å². The molecule has 0 saturated heterocycles. The Hall–Kier alpha value is -2.75. The van der Waals surface area contributed by atoms with Gasteiger partial charge in [0.2, 0.25) is 0 Å². The first kappa shape index (κ1) is 17.6. The van der Waals surface area contributed by atoms with Crippen LogP contribution in [0.25, 0.3) is 0 Å². The van der Waals surface area contributed by atoms with Crippen LogP contribution in [0.2, 0.25) is 10.0 Å². The van der Waals surface area contributed by atoms with Crippen LogP contribution in [0.4, 0.5) is 11.5 Å². The fourth-order valence-electron chi connectivity index (χ4n) is 1.72. The van der Waals surface area contributed by atoms with Crippen molar-refractivity contribution in [3.05, 3.63) is 58.3 Å². The quantitative estimate of drug-likeness (QED) is 0.622. The van der Waals surface area contributed by atoms with Crippen LogP contribution >= 0.6 is 23.2 Å². The lowest BCUT2D eigenvalue weighted by atomic mass is 10.2. The molecule has 0 bridgehead atoms. The summed E-state index contributed by atoms with van der Waals surface area (Å²) in [5.74, 6) is 0.309. The minimum absolute atomic E-state index is 0.135. The molecule has 0 fully saturated rings. The molecule has 122 valence electrons. The Balaban J connectivity index is 2.10. The summed E-state index contributed by atoms with van der Waals surface area (Å²) in [6.07, 6.45) is 2.75. The molecule has 0 spiro atoms. The van der Waals surface area contributed by atoms with Gasteiger partial charge in [-0.05, 0) is 30.3 Å². The zero-order valence-electron chi connectivity index (χ0n) is 12.5. The molecule has 2 rings (SSSR count). The summed E-state index contributed by atoms with van der Waals surface area (Å²) in [5, 5.41) is 15.3. The normalized spacial score (nSPS) is 10.7. The number of amides is 1. The fraction of sp³-hybridized carbons (Fsp3) is 0.0625. The van der Waals surface area contributed by atoms with Crippen molar-refractivity contribution >= 4 is 40.6 Å². The van der Waals surface area contributed by atoms with E-state index in [-0.39, 0.29) is 5.57 Å². The summed E-state index contributed by atoms with van der Waals surface area (Å²) in [6.45, 7) is 0. The van der Waals surface area contributed by atoms with Crippen LogP contribution in [0.1, 0.15) is 0 Å². The van der Waals surface area contributed by atoms with E-state index in [4.69, 9.17) is 33.2 Å². The summed E-state index contributed by atoms with van der Waals surface area (Å²) in [4.78, 5) is 16.1. The minimum atomic E-state index is -0.590. The van der Waals surface area contributed by atoms with Gasteiger partial charge in [-0.25, -0.2) is 4.98 Å². The molecule has 2 aromatic rings. The molecule has 0 aliphatic carbocycles. The molecule has 1 aromatic heterocycles. The number of benzene rings is 1. The Morgan fingerprint density at radius 2 is 2.12 bits per heavy atom. The van der Waals surface area contributed by atoms with Crippen LogP contribution in [-0.4, -0.2) is 18.0 Å². The van der Waals surface area contributed by atoms with E-state index in [0.717, 1.165) is 0 Å². The number of pyridine rings is 1. The van der Waals surface area contributed by atoms with Crippen LogP contribution in [0.3, 0.4) is 0 Å². The predicted molar refractivity (Wildman–Crippen MR) is 93.2 cm³/mol. The molecule has 0 saturated carbocycles. The average molecular weight is 363 g/mol. The number of anilines is 2. The van der Waals surface area contributed by atoms with E-state index in [0.29, 0.717) is 27.3 Å². The molecule has 0 unspecified atom stereocenters. The highest BCUT2D eigenvalue weighted by molar-refractivity contribution is 6.32.